The van der Waals surface area contributed by atoms with E-state index in [1.54, 1.807) is 33.0 Å². The zero-order valence-electron chi connectivity index (χ0n) is 24.2. The van der Waals surface area contributed by atoms with Gasteiger partial charge in [0.05, 0.1) is 5.41 Å². The average Bonchev–Trinajstić information content (AvgIpc) is 3.53. The first-order chi connectivity index (χ1) is 20.7. The fraction of sp³-hybridized carbons (Fsp3) is 0.516. The molecule has 0 unspecified atom stereocenters. The molecule has 43 heavy (non-hydrogen) atoms. The van der Waals surface area contributed by atoms with Gasteiger partial charge in [-0.3, -0.25) is 14.4 Å². The summed E-state index contributed by atoms with van der Waals surface area (Å²) < 4.78 is 29.0. The van der Waals surface area contributed by atoms with E-state index in [1.165, 1.54) is 13.0 Å². The van der Waals surface area contributed by atoms with Crippen molar-refractivity contribution in [2.45, 2.75) is 68.9 Å². The first-order valence-electron chi connectivity index (χ1n) is 15.0. The number of benzene rings is 1. The lowest BCUT2D eigenvalue weighted by atomic mass is 9.74. The van der Waals surface area contributed by atoms with Crippen molar-refractivity contribution in [3.63, 3.8) is 0 Å². The summed E-state index contributed by atoms with van der Waals surface area (Å²) in [6.07, 6.45) is 4.66. The van der Waals surface area contributed by atoms with Crippen LogP contribution in [0.2, 0.25) is 0 Å². The first-order valence-corrected chi connectivity index (χ1v) is 15.0. The van der Waals surface area contributed by atoms with Gasteiger partial charge in [-0.25, -0.2) is 18.6 Å². The van der Waals surface area contributed by atoms with Gasteiger partial charge in [0.2, 0.25) is 17.7 Å². The van der Waals surface area contributed by atoms with Crippen molar-refractivity contribution in [3.05, 3.63) is 59.3 Å². The maximum atomic E-state index is 14.9. The number of rotatable bonds is 4. The number of urea groups is 1. The van der Waals surface area contributed by atoms with Crippen LogP contribution in [-0.4, -0.2) is 88.2 Å². The molecule has 4 aliphatic rings. The number of nitrogens with zero attached hydrogens (tertiary/aromatic N) is 4. The molecule has 1 spiro atoms. The van der Waals surface area contributed by atoms with Crippen molar-refractivity contribution in [3.8, 4) is 0 Å². The van der Waals surface area contributed by atoms with E-state index in [4.69, 9.17) is 0 Å². The Bertz CT molecular complexity index is 1450. The summed E-state index contributed by atoms with van der Waals surface area (Å²) >= 11 is 0. The molecule has 5 heterocycles. The van der Waals surface area contributed by atoms with Crippen molar-refractivity contribution in [1.29, 1.82) is 0 Å². The molecular formula is C31H36F2N6O4. The number of carbonyl (C=O) groups is 4. The Balaban J connectivity index is 1.18. The number of hydrogen-bond acceptors (Lipinski definition) is 5. The second kappa shape index (κ2) is 11.5. The molecule has 1 aromatic carbocycles. The maximum absolute atomic E-state index is 14.9. The van der Waals surface area contributed by atoms with E-state index in [-0.39, 0.29) is 48.8 Å². The topological polar surface area (TPSA) is 115 Å². The van der Waals surface area contributed by atoms with Crippen molar-refractivity contribution in [2.75, 3.05) is 38.0 Å². The fourth-order valence-electron chi connectivity index (χ4n) is 7.31. The van der Waals surface area contributed by atoms with Crippen LogP contribution in [0.15, 0.2) is 36.5 Å². The van der Waals surface area contributed by atoms with E-state index >= 15 is 0 Å². The van der Waals surface area contributed by atoms with E-state index < -0.39 is 35.0 Å². The van der Waals surface area contributed by atoms with Crippen LogP contribution in [0.5, 0.6) is 0 Å². The minimum absolute atomic E-state index is 0.0698. The number of fused-ring (bicyclic) bond motifs is 2. The predicted molar refractivity (Wildman–Crippen MR) is 153 cm³/mol. The highest BCUT2D eigenvalue weighted by atomic mass is 19.2. The van der Waals surface area contributed by atoms with Crippen LogP contribution in [0, 0.1) is 11.6 Å². The van der Waals surface area contributed by atoms with Gasteiger partial charge in [-0.05, 0) is 56.2 Å². The molecule has 3 fully saturated rings. The van der Waals surface area contributed by atoms with Crippen LogP contribution >= 0.6 is 0 Å². The van der Waals surface area contributed by atoms with Crippen molar-refractivity contribution < 1.29 is 28.0 Å². The molecule has 2 N–H and O–H groups in total. The highest BCUT2D eigenvalue weighted by molar-refractivity contribution is 6.05. The summed E-state index contributed by atoms with van der Waals surface area (Å²) in [6.45, 7) is 3.17. The van der Waals surface area contributed by atoms with Gasteiger partial charge in [-0.15, -0.1) is 0 Å². The van der Waals surface area contributed by atoms with Gasteiger partial charge in [0.1, 0.15) is 11.9 Å². The Morgan fingerprint density at radius 3 is 2.63 bits per heavy atom. The number of hydrogen-bond donors (Lipinski definition) is 2. The van der Waals surface area contributed by atoms with Gasteiger partial charge in [-0.2, -0.15) is 0 Å². The van der Waals surface area contributed by atoms with Crippen LogP contribution < -0.4 is 10.6 Å². The summed E-state index contributed by atoms with van der Waals surface area (Å²) in [5, 5.41) is 5.76. The maximum Gasteiger partial charge on any atom is 0.318 e. The fourth-order valence-corrected chi connectivity index (χ4v) is 7.31. The van der Waals surface area contributed by atoms with Crippen molar-refractivity contribution in [1.82, 2.24) is 25.0 Å². The number of halogens is 2. The van der Waals surface area contributed by atoms with Gasteiger partial charge in [-0.1, -0.05) is 18.2 Å². The Labute approximate surface area is 248 Å². The summed E-state index contributed by atoms with van der Waals surface area (Å²) in [6, 6.07) is 6.31. The third-order valence-electron chi connectivity index (χ3n) is 9.68. The minimum Gasteiger partial charge on any atom is -0.338 e. The highest BCUT2D eigenvalue weighted by Gasteiger charge is 2.49. The molecule has 1 aromatic heterocycles. The van der Waals surface area contributed by atoms with Crippen LogP contribution in [0.1, 0.15) is 62.5 Å². The Morgan fingerprint density at radius 1 is 1.07 bits per heavy atom. The number of aromatic nitrogens is 1. The lowest BCUT2D eigenvalue weighted by molar-refractivity contribution is -0.136. The van der Waals surface area contributed by atoms with Crippen LogP contribution in [0.4, 0.5) is 19.4 Å². The number of nitrogens with one attached hydrogen (secondary N) is 2. The molecule has 0 bridgehead atoms. The van der Waals surface area contributed by atoms with Crippen LogP contribution in [0.25, 0.3) is 0 Å². The van der Waals surface area contributed by atoms with E-state index in [9.17, 15) is 28.0 Å². The number of amides is 5. The third-order valence-corrected chi connectivity index (χ3v) is 9.68. The minimum atomic E-state index is -0.944. The second-order valence-electron chi connectivity index (χ2n) is 12.1. The molecular weight excluding hydrogens is 558 g/mol. The molecule has 10 nitrogen and oxygen atoms in total. The van der Waals surface area contributed by atoms with Gasteiger partial charge < -0.3 is 25.3 Å². The smallest absolute Gasteiger partial charge is 0.318 e. The molecule has 4 aliphatic heterocycles. The summed E-state index contributed by atoms with van der Waals surface area (Å²) in [5.41, 5.74) is 0.309. The molecule has 0 saturated carbocycles. The summed E-state index contributed by atoms with van der Waals surface area (Å²) in [5.74, 6) is -2.27. The molecule has 6 rings (SSSR count). The summed E-state index contributed by atoms with van der Waals surface area (Å²) in [4.78, 5) is 61.8. The molecule has 0 radical (unpaired) electrons. The second-order valence-corrected chi connectivity index (χ2v) is 12.1. The standard InChI is InChI=1S/C31H36F2N6O4/c1-19(40)39-14-4-5-21(39)18-38-17-20(22-6-2-8-24(32)26(22)33)9-10-25(28(38)41)35-30(43)37-15-11-31(12-16-37)23-7-3-13-34-27(23)36-29(31)42/h2-3,6-8,13,20-21,25H,4-5,9-12,14-18H2,1H3,(H,35,43)(H,34,36,42)/t20-,21+,25-/m1/s1. The number of carbonyl (C=O) groups excluding carboxylic acids is 4. The van der Waals surface area contributed by atoms with E-state index in [1.807, 2.05) is 6.07 Å². The highest BCUT2D eigenvalue weighted by Crippen LogP contribution is 2.44. The van der Waals surface area contributed by atoms with Gasteiger partial charge in [0, 0.05) is 63.4 Å². The SMILES string of the molecule is CC(=O)N1CCC[C@H]1CN1C[C@H](c2cccc(F)c2F)CC[C@@H](NC(=O)N2CCC3(CC2)C(=O)Nc2ncccc23)C1=O. The van der Waals surface area contributed by atoms with Crippen molar-refractivity contribution in [2.24, 2.45) is 0 Å². The molecule has 228 valence electrons. The lowest BCUT2D eigenvalue weighted by Gasteiger charge is -2.38. The number of pyridine rings is 1. The monoisotopic (exact) mass is 594 g/mol. The van der Waals surface area contributed by atoms with E-state index in [0.29, 0.717) is 44.7 Å². The quantitative estimate of drug-likeness (QED) is 0.565. The third kappa shape index (κ3) is 5.31. The first kappa shape index (κ1) is 29.0. The number of likely N-dealkylation sites (tertiary alicyclic amines) is 3. The van der Waals surface area contributed by atoms with Gasteiger partial charge in [0.15, 0.2) is 11.6 Å². The van der Waals surface area contributed by atoms with E-state index in [0.717, 1.165) is 24.5 Å². The molecule has 2 aromatic rings. The number of anilines is 1. The lowest BCUT2D eigenvalue weighted by Crippen LogP contribution is -2.56. The molecule has 12 heteroatoms. The Morgan fingerprint density at radius 2 is 1.86 bits per heavy atom. The van der Waals surface area contributed by atoms with Gasteiger partial charge >= 0.3 is 6.03 Å². The Kier molecular flexibility index (Phi) is 7.78. The largest absolute Gasteiger partial charge is 0.338 e. The molecule has 0 aliphatic carbocycles. The zero-order chi connectivity index (χ0) is 30.3. The zero-order valence-corrected chi connectivity index (χ0v) is 24.2. The summed E-state index contributed by atoms with van der Waals surface area (Å²) in [7, 11) is 0. The Hall–Kier alpha value is -4.09. The van der Waals surface area contributed by atoms with Crippen LogP contribution in [0.3, 0.4) is 0 Å². The average molecular weight is 595 g/mol. The molecule has 3 saturated heterocycles. The molecule has 5 amide bonds. The normalized spacial score (nSPS) is 25.0. The van der Waals surface area contributed by atoms with Gasteiger partial charge in [0.25, 0.3) is 0 Å². The molecule has 3 atom stereocenters. The van der Waals surface area contributed by atoms with Crippen LogP contribution in [-0.2, 0) is 19.8 Å². The number of piperidine rings is 1. The van der Waals surface area contributed by atoms with Crippen molar-refractivity contribution >= 4 is 29.6 Å². The predicted octanol–water partition coefficient (Wildman–Crippen LogP) is 3.14. The van der Waals surface area contributed by atoms with E-state index in [2.05, 4.69) is 15.6 Å².